The van der Waals surface area contributed by atoms with Gasteiger partial charge >= 0.3 is 0 Å². The minimum atomic E-state index is -1.14. The van der Waals surface area contributed by atoms with Gasteiger partial charge in [-0.15, -0.1) is 11.8 Å². The van der Waals surface area contributed by atoms with Crippen molar-refractivity contribution in [3.63, 3.8) is 0 Å². The Kier molecular flexibility index (Phi) is 5.12. The molecule has 8 heteroatoms. The minimum absolute atomic E-state index is 0.0326. The number of anilines is 1. The second kappa shape index (κ2) is 8.18. The number of nitrogens with zero attached hydrogens (tertiary/aromatic N) is 2. The van der Waals surface area contributed by atoms with Gasteiger partial charge in [-0.2, -0.15) is 0 Å². The van der Waals surface area contributed by atoms with E-state index >= 15 is 0 Å². The van der Waals surface area contributed by atoms with Crippen LogP contribution in [0, 0.1) is 0 Å². The van der Waals surface area contributed by atoms with Crippen molar-refractivity contribution in [3.8, 4) is 0 Å². The predicted octanol–water partition coefficient (Wildman–Crippen LogP) is 4.81. The zero-order valence-electron chi connectivity index (χ0n) is 19.3. The lowest BCUT2D eigenvalue weighted by molar-refractivity contribution is -0.138. The monoisotopic (exact) mass is 529 g/mol. The van der Waals surface area contributed by atoms with Gasteiger partial charge in [0.25, 0.3) is 5.91 Å². The van der Waals surface area contributed by atoms with E-state index in [-0.39, 0.29) is 23.8 Å². The number of hydrogen-bond donors (Lipinski definition) is 1. The van der Waals surface area contributed by atoms with Crippen LogP contribution in [0.3, 0.4) is 0 Å². The van der Waals surface area contributed by atoms with Gasteiger partial charge < -0.3 is 5.32 Å². The molecule has 0 aliphatic carbocycles. The van der Waals surface area contributed by atoms with Crippen LogP contribution in [-0.2, 0) is 21.7 Å². The SMILES string of the molecule is O=C1N(Cc2ccccc2)C(=S)S[C@]12[C@H](c1ccccc1)[C@@H]1CSCN1[C@]21C(=O)Nc2ccccc21. The summed E-state index contributed by atoms with van der Waals surface area (Å²) in [5.41, 5.74) is 2.61. The highest BCUT2D eigenvalue weighted by molar-refractivity contribution is 8.25. The molecule has 5 nitrogen and oxygen atoms in total. The highest BCUT2D eigenvalue weighted by atomic mass is 32.2. The number of thioether (sulfide) groups is 2. The predicted molar refractivity (Wildman–Crippen MR) is 149 cm³/mol. The number of rotatable bonds is 3. The Morgan fingerprint density at radius 2 is 1.64 bits per heavy atom. The number of nitrogens with one attached hydrogen (secondary N) is 1. The van der Waals surface area contributed by atoms with Gasteiger partial charge in [0.1, 0.15) is 9.07 Å². The molecule has 4 heterocycles. The van der Waals surface area contributed by atoms with Crippen LogP contribution in [0.4, 0.5) is 5.69 Å². The van der Waals surface area contributed by atoms with E-state index in [0.29, 0.717) is 16.7 Å². The van der Waals surface area contributed by atoms with Crippen molar-refractivity contribution >= 4 is 57.6 Å². The van der Waals surface area contributed by atoms with Gasteiger partial charge in [-0.3, -0.25) is 19.4 Å². The smallest absolute Gasteiger partial charge is 0.251 e. The van der Waals surface area contributed by atoms with Crippen molar-refractivity contribution in [2.45, 2.75) is 28.8 Å². The second-order valence-electron chi connectivity index (χ2n) is 9.62. The van der Waals surface area contributed by atoms with Crippen molar-refractivity contribution in [1.82, 2.24) is 9.80 Å². The quantitative estimate of drug-likeness (QED) is 0.492. The maximum atomic E-state index is 14.9. The fourth-order valence-electron chi connectivity index (χ4n) is 6.65. The first-order valence-electron chi connectivity index (χ1n) is 12.0. The van der Waals surface area contributed by atoms with Crippen molar-refractivity contribution in [2.75, 3.05) is 16.9 Å². The summed E-state index contributed by atoms with van der Waals surface area (Å²) in [7, 11) is 0. The molecule has 3 fully saturated rings. The van der Waals surface area contributed by atoms with Crippen molar-refractivity contribution in [3.05, 3.63) is 102 Å². The van der Waals surface area contributed by atoms with Crippen LogP contribution in [0.1, 0.15) is 22.6 Å². The number of amides is 2. The number of carbonyl (C=O) groups excluding carboxylic acids is 2. The first-order valence-corrected chi connectivity index (χ1v) is 14.4. The highest BCUT2D eigenvalue weighted by Crippen LogP contribution is 2.69. The van der Waals surface area contributed by atoms with Crippen LogP contribution < -0.4 is 5.32 Å². The van der Waals surface area contributed by atoms with Gasteiger partial charge in [0.2, 0.25) is 5.91 Å². The molecule has 0 unspecified atom stereocenters. The third-order valence-corrected chi connectivity index (χ3v) is 10.9. The van der Waals surface area contributed by atoms with Gasteiger partial charge in [-0.1, -0.05) is 103 Å². The Hall–Kier alpha value is -2.65. The van der Waals surface area contributed by atoms with Gasteiger partial charge in [0, 0.05) is 34.8 Å². The molecule has 4 aliphatic heterocycles. The number of carbonyl (C=O) groups is 2. The lowest BCUT2D eigenvalue weighted by Crippen LogP contribution is -2.62. The third-order valence-electron chi connectivity index (χ3n) is 7.98. The Morgan fingerprint density at radius 3 is 2.42 bits per heavy atom. The summed E-state index contributed by atoms with van der Waals surface area (Å²) < 4.78 is -0.571. The third kappa shape index (κ3) is 2.76. The summed E-state index contributed by atoms with van der Waals surface area (Å²) in [5.74, 6) is 1.16. The average molecular weight is 530 g/mol. The Morgan fingerprint density at radius 1 is 0.944 bits per heavy atom. The molecule has 0 aromatic heterocycles. The number of para-hydroxylation sites is 1. The molecular formula is C28H23N3O2S3. The van der Waals surface area contributed by atoms with E-state index < -0.39 is 10.3 Å². The van der Waals surface area contributed by atoms with E-state index in [9.17, 15) is 9.59 Å². The van der Waals surface area contributed by atoms with Gasteiger partial charge in [-0.05, 0) is 17.2 Å². The lowest BCUT2D eigenvalue weighted by atomic mass is 9.71. The van der Waals surface area contributed by atoms with Gasteiger partial charge in [0.15, 0.2) is 5.54 Å². The molecule has 2 amide bonds. The fraction of sp³-hybridized carbons (Fsp3) is 0.250. The van der Waals surface area contributed by atoms with E-state index in [4.69, 9.17) is 12.2 Å². The molecule has 3 aromatic rings. The molecule has 0 radical (unpaired) electrons. The summed E-state index contributed by atoms with van der Waals surface area (Å²) in [5, 5.41) is 3.15. The molecule has 0 saturated carbocycles. The molecule has 180 valence electrons. The average Bonchev–Trinajstić information content (AvgIpc) is 3.61. The molecule has 0 bridgehead atoms. The number of benzene rings is 3. The highest BCUT2D eigenvalue weighted by Gasteiger charge is 2.81. The van der Waals surface area contributed by atoms with Crippen molar-refractivity contribution < 1.29 is 9.59 Å². The Balaban J connectivity index is 1.49. The molecule has 4 aliphatic rings. The first-order chi connectivity index (χ1) is 17.6. The van der Waals surface area contributed by atoms with Crippen LogP contribution in [0.15, 0.2) is 84.9 Å². The van der Waals surface area contributed by atoms with E-state index in [0.717, 1.165) is 28.1 Å². The normalized spacial score (nSPS) is 30.9. The van der Waals surface area contributed by atoms with Gasteiger partial charge in [0.05, 0.1) is 6.54 Å². The summed E-state index contributed by atoms with van der Waals surface area (Å²) >= 11 is 9.19. The topological polar surface area (TPSA) is 52.7 Å². The number of fused-ring (bicyclic) bond motifs is 5. The summed E-state index contributed by atoms with van der Waals surface area (Å²) in [4.78, 5) is 33.2. The second-order valence-corrected chi connectivity index (χ2v) is 12.5. The summed E-state index contributed by atoms with van der Waals surface area (Å²) in [6.07, 6.45) is 0. The van der Waals surface area contributed by atoms with E-state index in [1.165, 1.54) is 11.8 Å². The van der Waals surface area contributed by atoms with E-state index in [1.54, 1.807) is 4.90 Å². The number of hydrogen-bond acceptors (Lipinski definition) is 6. The molecule has 1 N–H and O–H groups in total. The van der Waals surface area contributed by atoms with E-state index in [2.05, 4.69) is 22.3 Å². The van der Waals surface area contributed by atoms with Crippen LogP contribution in [0.25, 0.3) is 0 Å². The fourth-order valence-corrected chi connectivity index (χ4v) is 10.1. The summed E-state index contributed by atoms with van der Waals surface area (Å²) in [6.45, 7) is 0.396. The van der Waals surface area contributed by atoms with Gasteiger partial charge in [-0.25, -0.2) is 0 Å². The van der Waals surface area contributed by atoms with Crippen LogP contribution in [0.2, 0.25) is 0 Å². The molecule has 4 atom stereocenters. The maximum Gasteiger partial charge on any atom is 0.251 e. The molecular weight excluding hydrogens is 507 g/mol. The largest absolute Gasteiger partial charge is 0.324 e. The molecule has 3 saturated heterocycles. The van der Waals surface area contributed by atoms with Crippen molar-refractivity contribution in [2.24, 2.45) is 0 Å². The maximum absolute atomic E-state index is 14.9. The van der Waals surface area contributed by atoms with Crippen molar-refractivity contribution in [1.29, 1.82) is 0 Å². The standard InChI is InChI=1S/C28H23N3O2S3/c32-24-27(20-13-7-8-14-21(20)29-24)28(23(19-11-5-2-6-12-19)22-16-35-17-31(22)27)25(33)30(26(34)36-28)15-18-9-3-1-4-10-18/h1-14,22-23H,15-17H2,(H,29,32)/t22-,23+,27+,28+/m0/s1. The molecule has 7 rings (SSSR count). The molecule has 2 spiro atoms. The number of thiocarbonyl (C=S) groups is 1. The Bertz CT molecular complexity index is 1400. The molecule has 36 heavy (non-hydrogen) atoms. The van der Waals surface area contributed by atoms with Crippen LogP contribution in [0.5, 0.6) is 0 Å². The summed E-state index contributed by atoms with van der Waals surface area (Å²) in [6, 6.07) is 28.0. The Labute approximate surface area is 223 Å². The molecule has 3 aromatic carbocycles. The van der Waals surface area contributed by atoms with Crippen LogP contribution >= 0.6 is 35.7 Å². The van der Waals surface area contributed by atoms with E-state index in [1.807, 2.05) is 84.6 Å². The minimum Gasteiger partial charge on any atom is -0.324 e. The zero-order valence-corrected chi connectivity index (χ0v) is 21.7. The van der Waals surface area contributed by atoms with Crippen LogP contribution in [-0.4, -0.2) is 48.4 Å². The zero-order chi connectivity index (χ0) is 24.5. The first kappa shape index (κ1) is 22.5. The lowest BCUT2D eigenvalue weighted by Gasteiger charge is -2.42.